The molecular weight excluding hydrogens is 380 g/mol. The van der Waals surface area contributed by atoms with Gasteiger partial charge in [0.15, 0.2) is 11.5 Å². The summed E-state index contributed by atoms with van der Waals surface area (Å²) in [6, 6.07) is 10.4. The molecule has 1 saturated heterocycles. The van der Waals surface area contributed by atoms with Gasteiger partial charge in [-0.15, -0.1) is 0 Å². The molecule has 30 heavy (non-hydrogen) atoms. The molecule has 1 aromatic heterocycles. The Balaban J connectivity index is 1.85. The van der Waals surface area contributed by atoms with Gasteiger partial charge in [-0.3, -0.25) is 4.79 Å². The molecule has 2 aromatic rings. The van der Waals surface area contributed by atoms with Gasteiger partial charge in [-0.05, 0) is 62.2 Å². The zero-order valence-corrected chi connectivity index (χ0v) is 18.1. The summed E-state index contributed by atoms with van der Waals surface area (Å²) in [5.74, 6) is 1.97. The number of benzene rings is 1. The Morgan fingerprint density at radius 2 is 2.03 bits per heavy atom. The van der Waals surface area contributed by atoms with E-state index in [0.717, 1.165) is 61.6 Å². The fourth-order valence-corrected chi connectivity index (χ4v) is 3.70. The molecule has 7 heteroatoms. The molecular formula is C23H32N4O3. The molecule has 1 amide bonds. The van der Waals surface area contributed by atoms with E-state index in [4.69, 9.17) is 9.47 Å². The lowest BCUT2D eigenvalue weighted by atomic mass is 10.0. The van der Waals surface area contributed by atoms with Gasteiger partial charge >= 0.3 is 0 Å². The van der Waals surface area contributed by atoms with Crippen molar-refractivity contribution in [2.24, 2.45) is 0 Å². The van der Waals surface area contributed by atoms with Crippen LogP contribution in [0.3, 0.4) is 0 Å². The smallest absolute Gasteiger partial charge is 0.222 e. The maximum Gasteiger partial charge on any atom is 0.222 e. The summed E-state index contributed by atoms with van der Waals surface area (Å²) in [4.78, 5) is 18.1. The summed E-state index contributed by atoms with van der Waals surface area (Å²) in [5, 5.41) is 6.17. The van der Waals surface area contributed by atoms with Crippen LogP contribution in [0.4, 0.5) is 11.5 Å². The number of amides is 1. The van der Waals surface area contributed by atoms with Crippen LogP contribution < -0.4 is 25.0 Å². The second-order valence-corrected chi connectivity index (χ2v) is 7.53. The molecule has 1 aliphatic rings. The molecule has 2 N–H and O–H groups in total. The minimum Gasteiger partial charge on any atom is -0.493 e. The average molecular weight is 413 g/mol. The van der Waals surface area contributed by atoms with E-state index in [0.29, 0.717) is 18.5 Å². The summed E-state index contributed by atoms with van der Waals surface area (Å²) < 4.78 is 11.4. The number of nitrogens with one attached hydrogen (secondary N) is 2. The van der Waals surface area contributed by atoms with Gasteiger partial charge in [0, 0.05) is 19.5 Å². The first-order valence-corrected chi connectivity index (χ1v) is 10.6. The standard InChI is InChI=1S/C23H32N4O3/c1-4-13-30-22-14-18(5-7-21(22)29-3)16-27(19-9-11-24-12-10-19)20-6-8-23(25-15-20)26-17(2)28/h5-8,14-15,19,24H,4,9-13,16H2,1-3H3,(H,25,26,28). The van der Waals surface area contributed by atoms with E-state index in [9.17, 15) is 4.79 Å². The molecule has 0 bridgehead atoms. The van der Waals surface area contributed by atoms with Crippen molar-refractivity contribution < 1.29 is 14.3 Å². The highest BCUT2D eigenvalue weighted by Crippen LogP contribution is 2.31. The molecule has 1 fully saturated rings. The predicted molar refractivity (Wildman–Crippen MR) is 119 cm³/mol. The number of piperidine rings is 1. The van der Waals surface area contributed by atoms with E-state index < -0.39 is 0 Å². The first-order chi connectivity index (χ1) is 14.6. The highest BCUT2D eigenvalue weighted by Gasteiger charge is 2.22. The van der Waals surface area contributed by atoms with Gasteiger partial charge in [0.1, 0.15) is 5.82 Å². The fraction of sp³-hybridized carbons (Fsp3) is 0.478. The van der Waals surface area contributed by atoms with Crippen LogP contribution in [0.5, 0.6) is 11.5 Å². The van der Waals surface area contributed by atoms with Gasteiger partial charge in [0.05, 0.1) is 25.6 Å². The van der Waals surface area contributed by atoms with Crippen molar-refractivity contribution in [3.8, 4) is 11.5 Å². The van der Waals surface area contributed by atoms with Gasteiger partial charge in [0.2, 0.25) is 5.91 Å². The number of hydrogen-bond acceptors (Lipinski definition) is 6. The normalized spacial score (nSPS) is 14.2. The van der Waals surface area contributed by atoms with Gasteiger partial charge in [0.25, 0.3) is 0 Å². The lowest BCUT2D eigenvalue weighted by Gasteiger charge is -2.36. The quantitative estimate of drug-likeness (QED) is 0.656. The van der Waals surface area contributed by atoms with Gasteiger partial charge in [-0.1, -0.05) is 13.0 Å². The summed E-state index contributed by atoms with van der Waals surface area (Å²) in [7, 11) is 1.66. The molecule has 0 atom stereocenters. The monoisotopic (exact) mass is 412 g/mol. The van der Waals surface area contributed by atoms with Crippen molar-refractivity contribution in [3.63, 3.8) is 0 Å². The number of aromatic nitrogens is 1. The van der Waals surface area contributed by atoms with Crippen molar-refractivity contribution in [2.45, 2.75) is 45.7 Å². The number of pyridine rings is 1. The summed E-state index contributed by atoms with van der Waals surface area (Å²) in [6.45, 7) is 6.99. The second-order valence-electron chi connectivity index (χ2n) is 7.53. The minimum atomic E-state index is -0.122. The van der Waals surface area contributed by atoms with E-state index in [-0.39, 0.29) is 5.91 Å². The molecule has 0 saturated carbocycles. The molecule has 0 radical (unpaired) electrons. The fourth-order valence-electron chi connectivity index (χ4n) is 3.70. The molecule has 7 nitrogen and oxygen atoms in total. The number of hydrogen-bond donors (Lipinski definition) is 2. The first-order valence-electron chi connectivity index (χ1n) is 10.6. The van der Waals surface area contributed by atoms with Crippen LogP contribution in [-0.4, -0.2) is 43.7 Å². The van der Waals surface area contributed by atoms with Crippen molar-refractivity contribution >= 4 is 17.4 Å². The predicted octanol–water partition coefficient (Wildman–Crippen LogP) is 3.60. The van der Waals surface area contributed by atoms with Crippen molar-refractivity contribution in [3.05, 3.63) is 42.1 Å². The Morgan fingerprint density at radius 1 is 1.23 bits per heavy atom. The number of carbonyl (C=O) groups is 1. The van der Waals surface area contributed by atoms with Gasteiger partial charge in [-0.2, -0.15) is 0 Å². The van der Waals surface area contributed by atoms with Crippen LogP contribution >= 0.6 is 0 Å². The SMILES string of the molecule is CCCOc1cc(CN(c2ccc(NC(C)=O)nc2)C2CCNCC2)ccc1OC. The molecule has 0 aliphatic carbocycles. The van der Waals surface area contributed by atoms with Crippen LogP contribution in [-0.2, 0) is 11.3 Å². The number of anilines is 2. The second kappa shape index (κ2) is 10.8. The van der Waals surface area contributed by atoms with Crippen LogP contribution in [0.1, 0.15) is 38.7 Å². The molecule has 0 spiro atoms. The largest absolute Gasteiger partial charge is 0.493 e. The molecule has 3 rings (SSSR count). The van der Waals surface area contributed by atoms with Crippen molar-refractivity contribution in [1.29, 1.82) is 0 Å². The third-order valence-electron chi connectivity index (χ3n) is 5.18. The lowest BCUT2D eigenvalue weighted by Crippen LogP contribution is -2.43. The Hall–Kier alpha value is -2.80. The third kappa shape index (κ3) is 5.86. The summed E-state index contributed by atoms with van der Waals surface area (Å²) in [6.07, 6.45) is 4.93. The zero-order valence-electron chi connectivity index (χ0n) is 18.1. The average Bonchev–Trinajstić information content (AvgIpc) is 2.77. The van der Waals surface area contributed by atoms with E-state index in [1.807, 2.05) is 24.4 Å². The Labute approximate surface area is 178 Å². The van der Waals surface area contributed by atoms with Gasteiger partial charge < -0.3 is 25.0 Å². The molecule has 1 aromatic carbocycles. The number of carbonyl (C=O) groups excluding carboxylic acids is 1. The topological polar surface area (TPSA) is 75.7 Å². The van der Waals surface area contributed by atoms with Crippen molar-refractivity contribution in [2.75, 3.05) is 37.0 Å². The third-order valence-corrected chi connectivity index (χ3v) is 5.18. The maximum atomic E-state index is 11.3. The molecule has 0 unspecified atom stereocenters. The van der Waals surface area contributed by atoms with Crippen LogP contribution in [0.25, 0.3) is 0 Å². The molecule has 1 aliphatic heterocycles. The Bertz CT molecular complexity index is 820. The lowest BCUT2D eigenvalue weighted by molar-refractivity contribution is -0.114. The summed E-state index contributed by atoms with van der Waals surface area (Å²) >= 11 is 0. The Morgan fingerprint density at radius 3 is 2.67 bits per heavy atom. The number of rotatable bonds is 9. The maximum absolute atomic E-state index is 11.3. The van der Waals surface area contributed by atoms with E-state index in [1.54, 1.807) is 7.11 Å². The highest BCUT2D eigenvalue weighted by molar-refractivity contribution is 5.87. The number of methoxy groups -OCH3 is 1. The first kappa shape index (κ1) is 21.9. The van der Waals surface area contributed by atoms with Gasteiger partial charge in [-0.25, -0.2) is 4.98 Å². The van der Waals surface area contributed by atoms with E-state index in [1.165, 1.54) is 6.92 Å². The zero-order chi connectivity index (χ0) is 21.3. The van der Waals surface area contributed by atoms with Crippen molar-refractivity contribution in [1.82, 2.24) is 10.3 Å². The van der Waals surface area contributed by atoms with Crippen LogP contribution in [0.15, 0.2) is 36.5 Å². The molecule has 162 valence electrons. The Kier molecular flexibility index (Phi) is 7.90. The van der Waals surface area contributed by atoms with Crippen LogP contribution in [0.2, 0.25) is 0 Å². The number of ether oxygens (including phenoxy) is 2. The summed E-state index contributed by atoms with van der Waals surface area (Å²) in [5.41, 5.74) is 2.20. The van der Waals surface area contributed by atoms with Crippen LogP contribution in [0, 0.1) is 0 Å². The van der Waals surface area contributed by atoms with E-state index in [2.05, 4.69) is 39.6 Å². The van der Waals surface area contributed by atoms with E-state index >= 15 is 0 Å². The molecule has 2 heterocycles. The minimum absolute atomic E-state index is 0.122. The number of nitrogens with zero attached hydrogens (tertiary/aromatic N) is 2. The highest BCUT2D eigenvalue weighted by atomic mass is 16.5.